The van der Waals surface area contributed by atoms with Crippen molar-refractivity contribution in [1.82, 2.24) is 0 Å². The van der Waals surface area contributed by atoms with Gasteiger partial charge in [-0.25, -0.2) is 9.59 Å². The van der Waals surface area contributed by atoms with Gasteiger partial charge in [-0.05, 0) is 50.7 Å². The van der Waals surface area contributed by atoms with Crippen molar-refractivity contribution in [2.24, 2.45) is 0 Å². The van der Waals surface area contributed by atoms with Gasteiger partial charge in [0.2, 0.25) is 0 Å². The lowest BCUT2D eigenvalue weighted by Crippen LogP contribution is -2.16. The van der Waals surface area contributed by atoms with Crippen molar-refractivity contribution in [2.75, 3.05) is 13.2 Å². The summed E-state index contributed by atoms with van der Waals surface area (Å²) in [5, 5.41) is 19.0. The van der Waals surface area contributed by atoms with Gasteiger partial charge in [0.25, 0.3) is 0 Å². The minimum Gasteiger partial charge on any atom is -0.462 e. The standard InChI is InChI=1S/C20H30O6/c1-3-15(21)9-7-13-25-19(23)17-11-5-6-12-18(17)20(24)26-14-8-10-16(22)4-2/h5-6,11-12,15-16,21-22H,3-4,7-10,13-14H2,1-2H3. The van der Waals surface area contributed by atoms with E-state index in [0.717, 1.165) is 0 Å². The van der Waals surface area contributed by atoms with Crippen LogP contribution in [0.5, 0.6) is 0 Å². The lowest BCUT2D eigenvalue weighted by Gasteiger charge is -2.11. The molecule has 2 unspecified atom stereocenters. The van der Waals surface area contributed by atoms with Crippen molar-refractivity contribution in [1.29, 1.82) is 0 Å². The summed E-state index contributed by atoms with van der Waals surface area (Å²) in [7, 11) is 0. The molecule has 0 radical (unpaired) electrons. The highest BCUT2D eigenvalue weighted by Gasteiger charge is 2.19. The van der Waals surface area contributed by atoms with Gasteiger partial charge in [-0.2, -0.15) is 0 Å². The van der Waals surface area contributed by atoms with Crippen molar-refractivity contribution in [3.05, 3.63) is 35.4 Å². The van der Waals surface area contributed by atoms with Crippen molar-refractivity contribution in [3.63, 3.8) is 0 Å². The van der Waals surface area contributed by atoms with E-state index in [9.17, 15) is 19.8 Å². The number of aliphatic hydroxyl groups is 2. The Morgan fingerprint density at radius 3 is 1.58 bits per heavy atom. The maximum atomic E-state index is 12.2. The predicted molar refractivity (Wildman–Crippen MR) is 98.1 cm³/mol. The lowest BCUT2D eigenvalue weighted by atomic mass is 10.1. The number of hydrogen-bond acceptors (Lipinski definition) is 6. The normalized spacial score (nSPS) is 13.1. The quantitative estimate of drug-likeness (QED) is 0.436. The molecule has 1 aromatic rings. The number of carbonyl (C=O) groups is 2. The molecule has 0 aliphatic rings. The number of benzene rings is 1. The molecule has 2 atom stereocenters. The molecule has 0 saturated carbocycles. The minimum atomic E-state index is -0.579. The van der Waals surface area contributed by atoms with E-state index in [-0.39, 0.29) is 36.5 Å². The first kappa shape index (κ1) is 22.1. The maximum Gasteiger partial charge on any atom is 0.339 e. The van der Waals surface area contributed by atoms with Crippen LogP contribution in [0.2, 0.25) is 0 Å². The van der Waals surface area contributed by atoms with Gasteiger partial charge < -0.3 is 19.7 Å². The monoisotopic (exact) mass is 366 g/mol. The zero-order valence-corrected chi connectivity index (χ0v) is 15.6. The van der Waals surface area contributed by atoms with Crippen LogP contribution in [0.4, 0.5) is 0 Å². The molecule has 0 aliphatic heterocycles. The highest BCUT2D eigenvalue weighted by Crippen LogP contribution is 2.13. The summed E-state index contributed by atoms with van der Waals surface area (Å²) in [6.07, 6.45) is 2.81. The number of hydrogen-bond donors (Lipinski definition) is 2. The molecule has 0 spiro atoms. The van der Waals surface area contributed by atoms with E-state index in [0.29, 0.717) is 38.5 Å². The summed E-state index contributed by atoms with van der Waals surface area (Å²) < 4.78 is 10.4. The first-order valence-corrected chi connectivity index (χ1v) is 9.28. The van der Waals surface area contributed by atoms with Gasteiger partial charge in [0.1, 0.15) is 0 Å². The third kappa shape index (κ3) is 7.97. The molecule has 6 heteroatoms. The molecule has 0 bridgehead atoms. The Morgan fingerprint density at radius 1 is 0.846 bits per heavy atom. The molecule has 0 heterocycles. The van der Waals surface area contributed by atoms with Gasteiger partial charge in [0.05, 0.1) is 36.5 Å². The van der Waals surface area contributed by atoms with E-state index < -0.39 is 11.9 Å². The Hall–Kier alpha value is -1.92. The van der Waals surface area contributed by atoms with Crippen LogP contribution in [0, 0.1) is 0 Å². The van der Waals surface area contributed by atoms with Crippen molar-refractivity contribution < 1.29 is 29.3 Å². The zero-order valence-electron chi connectivity index (χ0n) is 15.6. The second-order valence-electron chi connectivity index (χ2n) is 6.23. The summed E-state index contributed by atoms with van der Waals surface area (Å²) in [6, 6.07) is 6.37. The Balaban J connectivity index is 2.52. The van der Waals surface area contributed by atoms with E-state index in [2.05, 4.69) is 0 Å². The molecular weight excluding hydrogens is 336 g/mol. The predicted octanol–water partition coefficient (Wildman–Crippen LogP) is 3.10. The molecule has 0 fully saturated rings. The number of ether oxygens (including phenoxy) is 2. The average molecular weight is 366 g/mol. The second-order valence-corrected chi connectivity index (χ2v) is 6.23. The van der Waals surface area contributed by atoms with E-state index in [1.807, 2.05) is 13.8 Å². The highest BCUT2D eigenvalue weighted by atomic mass is 16.5. The van der Waals surface area contributed by atoms with Crippen molar-refractivity contribution in [3.8, 4) is 0 Å². The molecular formula is C20H30O6. The molecule has 0 amide bonds. The lowest BCUT2D eigenvalue weighted by molar-refractivity contribution is 0.0431. The molecule has 6 nitrogen and oxygen atoms in total. The molecule has 26 heavy (non-hydrogen) atoms. The summed E-state index contributed by atoms with van der Waals surface area (Å²) in [4.78, 5) is 24.4. The minimum absolute atomic E-state index is 0.169. The van der Waals surface area contributed by atoms with Crippen LogP contribution in [0.25, 0.3) is 0 Å². The first-order chi connectivity index (χ1) is 12.5. The van der Waals surface area contributed by atoms with Crippen LogP contribution >= 0.6 is 0 Å². The summed E-state index contributed by atoms with van der Waals surface area (Å²) in [5.74, 6) is -1.16. The molecule has 0 aliphatic carbocycles. The first-order valence-electron chi connectivity index (χ1n) is 9.28. The maximum absolute atomic E-state index is 12.2. The largest absolute Gasteiger partial charge is 0.462 e. The molecule has 1 rings (SSSR count). The smallest absolute Gasteiger partial charge is 0.339 e. The van der Waals surface area contributed by atoms with Gasteiger partial charge in [-0.1, -0.05) is 26.0 Å². The van der Waals surface area contributed by atoms with Crippen molar-refractivity contribution in [2.45, 2.75) is 64.6 Å². The fraction of sp³-hybridized carbons (Fsp3) is 0.600. The number of carbonyl (C=O) groups excluding carboxylic acids is 2. The van der Waals surface area contributed by atoms with E-state index >= 15 is 0 Å². The zero-order chi connectivity index (χ0) is 19.4. The molecule has 146 valence electrons. The van der Waals surface area contributed by atoms with Crippen molar-refractivity contribution >= 4 is 11.9 Å². The second kappa shape index (κ2) is 12.4. The van der Waals surface area contributed by atoms with Crippen LogP contribution < -0.4 is 0 Å². The number of aliphatic hydroxyl groups excluding tert-OH is 2. The Kier molecular flexibility index (Phi) is 10.6. The Bertz CT molecular complexity index is 508. The molecule has 2 N–H and O–H groups in total. The van der Waals surface area contributed by atoms with E-state index in [1.165, 1.54) is 12.1 Å². The SMILES string of the molecule is CCC(O)CCCOC(=O)c1ccccc1C(=O)OCCCC(O)CC. The van der Waals surface area contributed by atoms with Crippen LogP contribution in [-0.2, 0) is 9.47 Å². The van der Waals surface area contributed by atoms with E-state index in [1.54, 1.807) is 12.1 Å². The fourth-order valence-corrected chi connectivity index (χ4v) is 2.37. The van der Waals surface area contributed by atoms with Gasteiger partial charge >= 0.3 is 11.9 Å². The number of esters is 2. The third-order valence-electron chi connectivity index (χ3n) is 4.14. The topological polar surface area (TPSA) is 93.1 Å². The summed E-state index contributed by atoms with van der Waals surface area (Å²) in [5.41, 5.74) is 0.337. The fourth-order valence-electron chi connectivity index (χ4n) is 2.37. The van der Waals surface area contributed by atoms with E-state index in [4.69, 9.17) is 9.47 Å². The van der Waals surface area contributed by atoms with Gasteiger partial charge in [-0.15, -0.1) is 0 Å². The number of rotatable bonds is 12. The van der Waals surface area contributed by atoms with Crippen LogP contribution in [0.1, 0.15) is 73.1 Å². The van der Waals surface area contributed by atoms with Gasteiger partial charge in [0.15, 0.2) is 0 Å². The Labute approximate surface area is 155 Å². The van der Waals surface area contributed by atoms with Crippen LogP contribution in [0.15, 0.2) is 24.3 Å². The van der Waals surface area contributed by atoms with Crippen LogP contribution in [0.3, 0.4) is 0 Å². The molecule has 0 aromatic heterocycles. The third-order valence-corrected chi connectivity index (χ3v) is 4.14. The van der Waals surface area contributed by atoms with Gasteiger partial charge in [0, 0.05) is 0 Å². The Morgan fingerprint density at radius 2 is 1.23 bits per heavy atom. The highest BCUT2D eigenvalue weighted by molar-refractivity contribution is 6.03. The average Bonchev–Trinajstić information content (AvgIpc) is 2.67. The summed E-state index contributed by atoms with van der Waals surface area (Å²) in [6.45, 7) is 4.16. The van der Waals surface area contributed by atoms with Crippen LogP contribution in [-0.4, -0.2) is 47.6 Å². The summed E-state index contributed by atoms with van der Waals surface area (Å²) >= 11 is 0. The molecule has 1 aromatic carbocycles. The van der Waals surface area contributed by atoms with Gasteiger partial charge in [-0.3, -0.25) is 0 Å². The molecule has 0 saturated heterocycles.